The van der Waals surface area contributed by atoms with E-state index in [2.05, 4.69) is 32.7 Å². The highest BCUT2D eigenvalue weighted by Gasteiger charge is 2.37. The number of hydrogen-bond acceptors (Lipinski definition) is 2. The van der Waals surface area contributed by atoms with Crippen LogP contribution in [0.15, 0.2) is 0 Å². The van der Waals surface area contributed by atoms with Crippen LogP contribution in [0.4, 0.5) is 0 Å². The average Bonchev–Trinajstić information content (AvgIpc) is 2.38. The number of hydrogen-bond donors (Lipinski definition) is 1. The van der Waals surface area contributed by atoms with Crippen LogP contribution in [0.1, 0.15) is 59.3 Å². The SMILES string of the molecule is CCCN(C)C1(CN)CCCC(C)(C)CC1. The highest BCUT2D eigenvalue weighted by atomic mass is 15.2. The van der Waals surface area contributed by atoms with Crippen LogP contribution < -0.4 is 5.73 Å². The molecule has 0 aromatic carbocycles. The fourth-order valence-corrected chi connectivity index (χ4v) is 3.03. The number of likely N-dealkylation sites (N-methyl/N-ethyl adjacent to an activating group) is 1. The minimum absolute atomic E-state index is 0.282. The molecular formula is C14H30N2. The van der Waals surface area contributed by atoms with E-state index in [9.17, 15) is 0 Å². The smallest absolute Gasteiger partial charge is 0.0328 e. The van der Waals surface area contributed by atoms with Gasteiger partial charge in [0.1, 0.15) is 0 Å². The molecule has 0 bridgehead atoms. The summed E-state index contributed by atoms with van der Waals surface area (Å²) >= 11 is 0. The molecule has 0 saturated heterocycles. The molecule has 96 valence electrons. The number of nitrogens with zero attached hydrogens (tertiary/aromatic N) is 1. The van der Waals surface area contributed by atoms with Crippen molar-refractivity contribution in [2.24, 2.45) is 11.1 Å². The van der Waals surface area contributed by atoms with Crippen molar-refractivity contribution in [3.05, 3.63) is 0 Å². The first kappa shape index (κ1) is 14.0. The fraction of sp³-hybridized carbons (Fsp3) is 1.00. The Morgan fingerprint density at radius 2 is 1.81 bits per heavy atom. The van der Waals surface area contributed by atoms with Crippen molar-refractivity contribution in [3.8, 4) is 0 Å². The number of rotatable bonds is 4. The first-order valence-electron chi connectivity index (χ1n) is 6.87. The molecule has 1 fully saturated rings. The molecule has 1 atom stereocenters. The second-order valence-corrected chi connectivity index (χ2v) is 6.37. The van der Waals surface area contributed by atoms with Crippen molar-refractivity contribution in [1.29, 1.82) is 0 Å². The Kier molecular flexibility index (Phi) is 4.81. The lowest BCUT2D eigenvalue weighted by Crippen LogP contribution is -2.52. The van der Waals surface area contributed by atoms with Gasteiger partial charge in [0, 0.05) is 12.1 Å². The van der Waals surface area contributed by atoms with Crippen LogP contribution >= 0.6 is 0 Å². The molecule has 1 unspecified atom stereocenters. The summed E-state index contributed by atoms with van der Waals surface area (Å²) in [4.78, 5) is 2.52. The zero-order chi connectivity index (χ0) is 12.2. The molecule has 0 aromatic rings. The summed E-state index contributed by atoms with van der Waals surface area (Å²) in [5.74, 6) is 0. The molecule has 16 heavy (non-hydrogen) atoms. The van der Waals surface area contributed by atoms with Crippen molar-refractivity contribution in [1.82, 2.24) is 4.90 Å². The third-order valence-corrected chi connectivity index (χ3v) is 4.51. The molecule has 0 heterocycles. The largest absolute Gasteiger partial charge is 0.329 e. The summed E-state index contributed by atoms with van der Waals surface area (Å²) in [6.45, 7) is 9.05. The standard InChI is InChI=1S/C14H30N2/c1-5-11-16(4)14(12-15)8-6-7-13(2,3)9-10-14/h5-12,15H2,1-4H3. The Morgan fingerprint density at radius 1 is 1.12 bits per heavy atom. The lowest BCUT2D eigenvalue weighted by Gasteiger charge is -2.41. The second kappa shape index (κ2) is 5.50. The Bertz CT molecular complexity index is 213. The summed E-state index contributed by atoms with van der Waals surface area (Å²) in [6, 6.07) is 0. The lowest BCUT2D eigenvalue weighted by molar-refractivity contribution is 0.104. The van der Waals surface area contributed by atoms with Crippen molar-refractivity contribution >= 4 is 0 Å². The van der Waals surface area contributed by atoms with Crippen LogP contribution in [0.5, 0.6) is 0 Å². The predicted molar refractivity (Wildman–Crippen MR) is 71.6 cm³/mol. The zero-order valence-corrected chi connectivity index (χ0v) is 11.7. The molecule has 2 nitrogen and oxygen atoms in total. The zero-order valence-electron chi connectivity index (χ0n) is 11.7. The van der Waals surface area contributed by atoms with Gasteiger partial charge in [0.2, 0.25) is 0 Å². The van der Waals surface area contributed by atoms with Gasteiger partial charge < -0.3 is 5.73 Å². The third-order valence-electron chi connectivity index (χ3n) is 4.51. The Balaban J connectivity index is 2.72. The molecule has 0 aromatic heterocycles. The Hall–Kier alpha value is -0.0800. The molecule has 0 radical (unpaired) electrons. The maximum Gasteiger partial charge on any atom is 0.0328 e. The van der Waals surface area contributed by atoms with Crippen molar-refractivity contribution < 1.29 is 0 Å². The van der Waals surface area contributed by atoms with Gasteiger partial charge in [-0.3, -0.25) is 4.90 Å². The van der Waals surface area contributed by atoms with E-state index in [1.807, 2.05) is 0 Å². The first-order valence-corrected chi connectivity index (χ1v) is 6.87. The van der Waals surface area contributed by atoms with Gasteiger partial charge in [0.05, 0.1) is 0 Å². The van der Waals surface area contributed by atoms with Gasteiger partial charge in [-0.05, 0) is 51.1 Å². The van der Waals surface area contributed by atoms with E-state index >= 15 is 0 Å². The maximum atomic E-state index is 6.09. The topological polar surface area (TPSA) is 29.3 Å². The molecule has 0 amide bonds. The monoisotopic (exact) mass is 226 g/mol. The van der Waals surface area contributed by atoms with E-state index in [1.54, 1.807) is 0 Å². The van der Waals surface area contributed by atoms with E-state index in [0.29, 0.717) is 5.41 Å². The third kappa shape index (κ3) is 3.21. The van der Waals surface area contributed by atoms with Crippen LogP contribution in [0.3, 0.4) is 0 Å². The van der Waals surface area contributed by atoms with Crippen molar-refractivity contribution in [3.63, 3.8) is 0 Å². The average molecular weight is 226 g/mol. The van der Waals surface area contributed by atoms with Crippen molar-refractivity contribution in [2.45, 2.75) is 64.8 Å². The van der Waals surface area contributed by atoms with Crippen LogP contribution in [0.2, 0.25) is 0 Å². The molecule has 1 saturated carbocycles. The predicted octanol–water partition coefficient (Wildman–Crippen LogP) is 3.02. The minimum atomic E-state index is 0.282. The van der Waals surface area contributed by atoms with Gasteiger partial charge in [0.25, 0.3) is 0 Å². The molecule has 0 spiro atoms. The van der Waals surface area contributed by atoms with Gasteiger partial charge in [0.15, 0.2) is 0 Å². The van der Waals surface area contributed by atoms with Crippen LogP contribution in [0, 0.1) is 5.41 Å². The maximum absolute atomic E-state index is 6.09. The van der Waals surface area contributed by atoms with E-state index in [1.165, 1.54) is 45.1 Å². The van der Waals surface area contributed by atoms with Crippen LogP contribution in [-0.2, 0) is 0 Å². The molecule has 2 heteroatoms. The summed E-state index contributed by atoms with van der Waals surface area (Å²) in [5, 5.41) is 0. The Labute approximate surface area is 102 Å². The number of nitrogens with two attached hydrogens (primary N) is 1. The summed E-state index contributed by atoms with van der Waals surface area (Å²) in [5.41, 5.74) is 6.89. The van der Waals surface area contributed by atoms with E-state index in [-0.39, 0.29) is 5.54 Å². The highest BCUT2D eigenvalue weighted by Crippen LogP contribution is 2.39. The molecule has 1 aliphatic rings. The quantitative estimate of drug-likeness (QED) is 0.747. The summed E-state index contributed by atoms with van der Waals surface area (Å²) < 4.78 is 0. The van der Waals surface area contributed by atoms with E-state index in [4.69, 9.17) is 5.73 Å². The highest BCUT2D eigenvalue weighted by molar-refractivity contribution is 4.94. The first-order chi connectivity index (χ1) is 7.46. The van der Waals surface area contributed by atoms with Gasteiger partial charge >= 0.3 is 0 Å². The van der Waals surface area contributed by atoms with E-state index < -0.39 is 0 Å². The minimum Gasteiger partial charge on any atom is -0.329 e. The van der Waals surface area contributed by atoms with Gasteiger partial charge in [-0.15, -0.1) is 0 Å². The lowest BCUT2D eigenvalue weighted by atomic mass is 9.83. The second-order valence-electron chi connectivity index (χ2n) is 6.37. The molecule has 1 aliphatic carbocycles. The molecule has 0 aliphatic heterocycles. The van der Waals surface area contributed by atoms with Gasteiger partial charge in [-0.2, -0.15) is 0 Å². The molecule has 2 N–H and O–H groups in total. The Morgan fingerprint density at radius 3 is 2.38 bits per heavy atom. The fourth-order valence-electron chi connectivity index (χ4n) is 3.03. The normalized spacial score (nSPS) is 30.4. The molecular weight excluding hydrogens is 196 g/mol. The van der Waals surface area contributed by atoms with Crippen molar-refractivity contribution in [2.75, 3.05) is 20.1 Å². The van der Waals surface area contributed by atoms with Crippen LogP contribution in [0.25, 0.3) is 0 Å². The van der Waals surface area contributed by atoms with E-state index in [0.717, 1.165) is 6.54 Å². The summed E-state index contributed by atoms with van der Waals surface area (Å²) in [6.07, 6.45) is 7.78. The van der Waals surface area contributed by atoms with Crippen LogP contribution in [-0.4, -0.2) is 30.6 Å². The molecule has 1 rings (SSSR count). The van der Waals surface area contributed by atoms with Gasteiger partial charge in [-0.1, -0.05) is 27.2 Å². The summed E-state index contributed by atoms with van der Waals surface area (Å²) in [7, 11) is 2.26. The van der Waals surface area contributed by atoms with Gasteiger partial charge in [-0.25, -0.2) is 0 Å².